The molecule has 0 fully saturated rings. The van der Waals surface area contributed by atoms with Gasteiger partial charge in [-0.1, -0.05) is 19.1 Å². The van der Waals surface area contributed by atoms with Gasteiger partial charge in [-0.2, -0.15) is 5.10 Å². The standard InChI is InChI=1S/C12H15N3O/c1-3-10-11(14-15-12(10)13)8-5-4-6-9(7-8)16-2/h4-7H,3H2,1-2H3,(H3,13,14,15). The molecule has 2 rings (SSSR count). The molecule has 0 atom stereocenters. The van der Waals surface area contributed by atoms with Crippen LogP contribution in [0.5, 0.6) is 5.75 Å². The van der Waals surface area contributed by atoms with Crippen LogP contribution in [-0.2, 0) is 6.42 Å². The summed E-state index contributed by atoms with van der Waals surface area (Å²) >= 11 is 0. The molecule has 4 heteroatoms. The summed E-state index contributed by atoms with van der Waals surface area (Å²) in [6, 6.07) is 7.83. The molecular weight excluding hydrogens is 202 g/mol. The quantitative estimate of drug-likeness (QED) is 0.828. The number of benzene rings is 1. The van der Waals surface area contributed by atoms with E-state index in [0.29, 0.717) is 5.82 Å². The number of hydrogen-bond acceptors (Lipinski definition) is 3. The van der Waals surface area contributed by atoms with Gasteiger partial charge in [0.1, 0.15) is 11.6 Å². The lowest BCUT2D eigenvalue weighted by molar-refractivity contribution is 0.415. The van der Waals surface area contributed by atoms with Gasteiger partial charge >= 0.3 is 0 Å². The number of methoxy groups -OCH3 is 1. The number of nitrogens with two attached hydrogens (primary N) is 1. The van der Waals surface area contributed by atoms with E-state index in [9.17, 15) is 0 Å². The maximum absolute atomic E-state index is 5.79. The van der Waals surface area contributed by atoms with Crippen molar-refractivity contribution in [2.24, 2.45) is 0 Å². The molecule has 0 saturated heterocycles. The first-order valence-corrected chi connectivity index (χ1v) is 5.23. The number of nitrogens with zero attached hydrogens (tertiary/aromatic N) is 1. The highest BCUT2D eigenvalue weighted by Gasteiger charge is 2.10. The Morgan fingerprint density at radius 3 is 2.94 bits per heavy atom. The fourth-order valence-electron chi connectivity index (χ4n) is 1.75. The molecule has 0 aliphatic heterocycles. The van der Waals surface area contributed by atoms with Gasteiger partial charge in [0, 0.05) is 11.1 Å². The van der Waals surface area contributed by atoms with Crippen molar-refractivity contribution in [2.45, 2.75) is 13.3 Å². The number of nitrogen functional groups attached to an aromatic ring is 1. The zero-order chi connectivity index (χ0) is 11.5. The van der Waals surface area contributed by atoms with Gasteiger partial charge in [-0.15, -0.1) is 0 Å². The molecule has 3 N–H and O–H groups in total. The molecular formula is C12H15N3O. The fraction of sp³-hybridized carbons (Fsp3) is 0.250. The van der Waals surface area contributed by atoms with Crippen molar-refractivity contribution in [2.75, 3.05) is 12.8 Å². The first-order chi connectivity index (χ1) is 7.76. The molecule has 2 aromatic rings. The number of anilines is 1. The van der Waals surface area contributed by atoms with E-state index in [-0.39, 0.29) is 0 Å². The Labute approximate surface area is 94.4 Å². The molecule has 1 aromatic carbocycles. The summed E-state index contributed by atoms with van der Waals surface area (Å²) < 4.78 is 5.19. The molecule has 0 radical (unpaired) electrons. The Kier molecular flexibility index (Phi) is 2.81. The third-order valence-corrected chi connectivity index (χ3v) is 2.61. The molecule has 0 aliphatic rings. The van der Waals surface area contributed by atoms with Gasteiger partial charge in [-0.3, -0.25) is 5.10 Å². The molecule has 0 aliphatic carbocycles. The van der Waals surface area contributed by atoms with Crippen LogP contribution in [0.4, 0.5) is 5.82 Å². The van der Waals surface area contributed by atoms with E-state index in [0.717, 1.165) is 29.0 Å². The van der Waals surface area contributed by atoms with Crippen LogP contribution in [0.25, 0.3) is 11.3 Å². The van der Waals surface area contributed by atoms with Gasteiger partial charge < -0.3 is 10.5 Å². The number of nitrogens with one attached hydrogen (secondary N) is 1. The lowest BCUT2D eigenvalue weighted by Gasteiger charge is -2.04. The smallest absolute Gasteiger partial charge is 0.149 e. The summed E-state index contributed by atoms with van der Waals surface area (Å²) in [6.07, 6.45) is 0.856. The Bertz CT molecular complexity index is 491. The highest BCUT2D eigenvalue weighted by Crippen LogP contribution is 2.27. The summed E-state index contributed by atoms with van der Waals surface area (Å²) in [4.78, 5) is 0. The van der Waals surface area contributed by atoms with Gasteiger partial charge in [0.05, 0.1) is 12.8 Å². The van der Waals surface area contributed by atoms with Gasteiger partial charge in [-0.25, -0.2) is 0 Å². The average molecular weight is 217 g/mol. The highest BCUT2D eigenvalue weighted by atomic mass is 16.5. The third-order valence-electron chi connectivity index (χ3n) is 2.61. The molecule has 0 spiro atoms. The van der Waals surface area contributed by atoms with Gasteiger partial charge in [0.2, 0.25) is 0 Å². The molecule has 84 valence electrons. The lowest BCUT2D eigenvalue weighted by atomic mass is 10.1. The van der Waals surface area contributed by atoms with E-state index in [2.05, 4.69) is 17.1 Å². The Balaban J connectivity index is 2.49. The summed E-state index contributed by atoms with van der Waals surface area (Å²) in [6.45, 7) is 2.06. The normalized spacial score (nSPS) is 10.4. The van der Waals surface area contributed by atoms with Crippen molar-refractivity contribution in [1.82, 2.24) is 10.2 Å². The lowest BCUT2D eigenvalue weighted by Crippen LogP contribution is -1.91. The molecule has 16 heavy (non-hydrogen) atoms. The molecule has 0 unspecified atom stereocenters. The number of aromatic amines is 1. The van der Waals surface area contributed by atoms with Gasteiger partial charge in [0.15, 0.2) is 0 Å². The zero-order valence-electron chi connectivity index (χ0n) is 9.45. The number of aromatic nitrogens is 2. The van der Waals surface area contributed by atoms with Crippen LogP contribution in [0, 0.1) is 0 Å². The largest absolute Gasteiger partial charge is 0.497 e. The van der Waals surface area contributed by atoms with E-state index in [1.54, 1.807) is 7.11 Å². The Morgan fingerprint density at radius 2 is 2.25 bits per heavy atom. The number of hydrogen-bond donors (Lipinski definition) is 2. The number of ether oxygens (including phenoxy) is 1. The van der Waals surface area contributed by atoms with Gasteiger partial charge in [0.25, 0.3) is 0 Å². The average Bonchev–Trinajstić information content (AvgIpc) is 2.70. The van der Waals surface area contributed by atoms with Crippen LogP contribution in [0.3, 0.4) is 0 Å². The maximum Gasteiger partial charge on any atom is 0.149 e. The van der Waals surface area contributed by atoms with Crippen LogP contribution in [-0.4, -0.2) is 17.3 Å². The van der Waals surface area contributed by atoms with Crippen LogP contribution in [0.15, 0.2) is 24.3 Å². The number of H-pyrrole nitrogens is 1. The molecule has 0 saturated carbocycles. The van der Waals surface area contributed by atoms with E-state index < -0.39 is 0 Å². The zero-order valence-corrected chi connectivity index (χ0v) is 9.45. The maximum atomic E-state index is 5.79. The molecule has 4 nitrogen and oxygen atoms in total. The third kappa shape index (κ3) is 1.74. The molecule has 1 aromatic heterocycles. The second-order valence-electron chi connectivity index (χ2n) is 3.55. The first kappa shape index (κ1) is 10.5. The van der Waals surface area contributed by atoms with Crippen LogP contribution >= 0.6 is 0 Å². The van der Waals surface area contributed by atoms with E-state index in [1.807, 2.05) is 24.3 Å². The summed E-state index contributed by atoms with van der Waals surface area (Å²) in [5.74, 6) is 1.40. The van der Waals surface area contributed by atoms with E-state index in [4.69, 9.17) is 10.5 Å². The van der Waals surface area contributed by atoms with Crippen molar-refractivity contribution in [3.63, 3.8) is 0 Å². The molecule has 1 heterocycles. The minimum absolute atomic E-state index is 0.570. The highest BCUT2D eigenvalue weighted by molar-refractivity contribution is 5.69. The summed E-state index contributed by atoms with van der Waals surface area (Å²) in [5.41, 5.74) is 8.85. The van der Waals surface area contributed by atoms with Crippen molar-refractivity contribution in [3.05, 3.63) is 29.8 Å². The Hall–Kier alpha value is -1.97. The number of rotatable bonds is 3. The minimum Gasteiger partial charge on any atom is -0.497 e. The van der Waals surface area contributed by atoms with Crippen LogP contribution in [0.2, 0.25) is 0 Å². The van der Waals surface area contributed by atoms with Crippen LogP contribution < -0.4 is 10.5 Å². The monoisotopic (exact) mass is 217 g/mol. The van der Waals surface area contributed by atoms with Crippen molar-refractivity contribution >= 4 is 5.82 Å². The van der Waals surface area contributed by atoms with Gasteiger partial charge in [-0.05, 0) is 18.6 Å². The van der Waals surface area contributed by atoms with Crippen molar-refractivity contribution in [3.8, 4) is 17.0 Å². The summed E-state index contributed by atoms with van der Waals surface area (Å²) in [5, 5.41) is 6.99. The van der Waals surface area contributed by atoms with E-state index >= 15 is 0 Å². The molecule has 0 bridgehead atoms. The second kappa shape index (κ2) is 4.26. The Morgan fingerprint density at radius 1 is 1.44 bits per heavy atom. The van der Waals surface area contributed by atoms with Crippen molar-refractivity contribution in [1.29, 1.82) is 0 Å². The van der Waals surface area contributed by atoms with E-state index in [1.165, 1.54) is 0 Å². The SMILES string of the molecule is CCc1c(N)n[nH]c1-c1cccc(OC)c1. The first-order valence-electron chi connectivity index (χ1n) is 5.23. The fourth-order valence-corrected chi connectivity index (χ4v) is 1.75. The predicted octanol–water partition coefficient (Wildman–Crippen LogP) is 2.23. The summed E-state index contributed by atoms with van der Waals surface area (Å²) in [7, 11) is 1.65. The topological polar surface area (TPSA) is 63.9 Å². The predicted molar refractivity (Wildman–Crippen MR) is 64.4 cm³/mol. The second-order valence-corrected chi connectivity index (χ2v) is 3.55. The van der Waals surface area contributed by atoms with Crippen molar-refractivity contribution < 1.29 is 4.74 Å². The molecule has 0 amide bonds. The minimum atomic E-state index is 0.570. The van der Waals surface area contributed by atoms with Crippen LogP contribution in [0.1, 0.15) is 12.5 Å².